The molecule has 1 fully saturated rings. The van der Waals surface area contributed by atoms with Gasteiger partial charge in [-0.2, -0.15) is 18.4 Å². The number of urea groups is 1. The third-order valence-electron chi connectivity index (χ3n) is 4.00. The van der Waals surface area contributed by atoms with Crippen LogP contribution in [0.25, 0.3) is 0 Å². The van der Waals surface area contributed by atoms with Crippen molar-refractivity contribution in [1.29, 1.82) is 10.7 Å². The zero-order chi connectivity index (χ0) is 18.3. The van der Waals surface area contributed by atoms with Crippen molar-refractivity contribution >= 4 is 17.6 Å². The van der Waals surface area contributed by atoms with E-state index in [1.807, 2.05) is 0 Å². The molecular weight excluding hydrogens is 329 g/mol. The number of nitrogens with one attached hydrogen (secondary N) is 1. The van der Waals surface area contributed by atoms with E-state index in [4.69, 9.17) is 10.7 Å². The molecule has 0 unspecified atom stereocenters. The van der Waals surface area contributed by atoms with Gasteiger partial charge in [0.1, 0.15) is 11.4 Å². The van der Waals surface area contributed by atoms with Crippen molar-refractivity contribution in [3.05, 3.63) is 29.3 Å². The number of alkyl halides is 3. The van der Waals surface area contributed by atoms with E-state index < -0.39 is 47.9 Å². The third kappa shape index (κ3) is 2.38. The van der Waals surface area contributed by atoms with Gasteiger partial charge in [0.2, 0.25) is 0 Å². The highest BCUT2D eigenvalue weighted by molar-refractivity contribution is 6.24. The lowest BCUT2D eigenvalue weighted by molar-refractivity contribution is -0.137. The normalized spacial score (nSPS) is 17.4. The average molecular weight is 342 g/mol. The zero-order valence-corrected chi connectivity index (χ0v) is 12.4. The van der Waals surface area contributed by atoms with E-state index in [2.05, 4.69) is 0 Å². The van der Waals surface area contributed by atoms with Crippen molar-refractivity contribution in [3.63, 3.8) is 0 Å². The summed E-state index contributed by atoms with van der Waals surface area (Å²) < 4.78 is 39.2. The van der Waals surface area contributed by atoms with Gasteiger partial charge in [-0.1, -0.05) is 0 Å². The molecule has 0 atom stereocenters. The number of aliphatic hydroxyl groups excluding tert-OH is 2. The van der Waals surface area contributed by atoms with Crippen molar-refractivity contribution in [3.8, 4) is 6.07 Å². The number of likely N-dealkylation sites (N-methyl/N-ethyl adjacent to an activating group) is 1. The summed E-state index contributed by atoms with van der Waals surface area (Å²) in [5.74, 6) is -0.558. The SMILES string of the molecule is CN1C(=O)N(c2ccc(C#N)c(C(F)(F)F)c2)C(=N)C1(CO)CO. The maximum Gasteiger partial charge on any atom is 0.417 e. The summed E-state index contributed by atoms with van der Waals surface area (Å²) in [6, 6.07) is 3.13. The lowest BCUT2D eigenvalue weighted by atomic mass is 10.00. The van der Waals surface area contributed by atoms with Crippen LogP contribution in [0.1, 0.15) is 11.1 Å². The van der Waals surface area contributed by atoms with Crippen LogP contribution in [0.5, 0.6) is 0 Å². The molecule has 7 nitrogen and oxygen atoms in total. The highest BCUT2D eigenvalue weighted by Crippen LogP contribution is 2.37. The molecule has 0 bridgehead atoms. The molecule has 0 spiro atoms. The Labute approximate surface area is 134 Å². The number of rotatable bonds is 3. The number of nitrogens with zero attached hydrogens (tertiary/aromatic N) is 3. The summed E-state index contributed by atoms with van der Waals surface area (Å²) in [5.41, 5.74) is -3.87. The maximum atomic E-state index is 13.1. The van der Waals surface area contributed by atoms with Crippen LogP contribution in [-0.2, 0) is 6.18 Å². The Balaban J connectivity index is 2.59. The Morgan fingerprint density at radius 3 is 2.33 bits per heavy atom. The number of hydrogen-bond donors (Lipinski definition) is 3. The van der Waals surface area contributed by atoms with Crippen LogP contribution in [-0.4, -0.2) is 52.8 Å². The van der Waals surface area contributed by atoms with Crippen LogP contribution in [0.3, 0.4) is 0 Å². The molecule has 0 radical (unpaired) electrons. The second-order valence-corrected chi connectivity index (χ2v) is 5.21. The molecule has 3 N–H and O–H groups in total. The van der Waals surface area contributed by atoms with Crippen LogP contribution < -0.4 is 4.90 Å². The summed E-state index contributed by atoms with van der Waals surface area (Å²) >= 11 is 0. The molecule has 1 aliphatic heterocycles. The van der Waals surface area contributed by atoms with Crippen molar-refractivity contribution in [2.75, 3.05) is 25.2 Å². The minimum absolute atomic E-state index is 0.285. The van der Waals surface area contributed by atoms with Gasteiger partial charge in [-0.15, -0.1) is 0 Å². The highest BCUT2D eigenvalue weighted by atomic mass is 19.4. The molecule has 10 heteroatoms. The Hall–Kier alpha value is -2.64. The van der Waals surface area contributed by atoms with Crippen LogP contribution >= 0.6 is 0 Å². The van der Waals surface area contributed by atoms with Gasteiger partial charge < -0.3 is 15.1 Å². The average Bonchev–Trinajstić information content (AvgIpc) is 2.73. The van der Waals surface area contributed by atoms with Crippen molar-refractivity contribution in [2.45, 2.75) is 11.7 Å². The lowest BCUT2D eigenvalue weighted by Gasteiger charge is -2.29. The first-order valence-electron chi connectivity index (χ1n) is 6.64. The van der Waals surface area contributed by atoms with Gasteiger partial charge in [0.05, 0.1) is 36.1 Å². The van der Waals surface area contributed by atoms with Gasteiger partial charge in [0.25, 0.3) is 0 Å². The predicted molar refractivity (Wildman–Crippen MR) is 76.4 cm³/mol. The first-order chi connectivity index (χ1) is 11.1. The second kappa shape index (κ2) is 5.77. The van der Waals surface area contributed by atoms with Gasteiger partial charge in [0.15, 0.2) is 0 Å². The highest BCUT2D eigenvalue weighted by Gasteiger charge is 2.53. The number of amides is 2. The molecule has 0 saturated carbocycles. The number of carbonyl (C=O) groups is 1. The monoisotopic (exact) mass is 342 g/mol. The molecule has 2 rings (SSSR count). The molecule has 1 aliphatic rings. The predicted octanol–water partition coefficient (Wildman–Crippen LogP) is 1.15. The van der Waals surface area contributed by atoms with Crippen LogP contribution in [0, 0.1) is 16.7 Å². The van der Waals surface area contributed by atoms with Gasteiger partial charge in [-0.25, -0.2) is 9.69 Å². The number of benzene rings is 1. The molecule has 1 aromatic rings. The standard InChI is InChI=1S/C14H13F3N4O3/c1-20-12(24)21(11(19)13(20,6-22)7-23)9-3-2-8(5-18)10(4-9)14(15,16)17/h2-4,19,22-23H,6-7H2,1H3. The number of amidine groups is 1. The first kappa shape index (κ1) is 17.7. The molecule has 0 aliphatic carbocycles. The van der Waals surface area contributed by atoms with Crippen LogP contribution in [0.4, 0.5) is 23.7 Å². The van der Waals surface area contributed by atoms with Gasteiger partial charge >= 0.3 is 12.2 Å². The molecular formula is C14H13F3N4O3. The number of carbonyl (C=O) groups excluding carboxylic acids is 1. The fourth-order valence-corrected chi connectivity index (χ4v) is 2.45. The Morgan fingerprint density at radius 1 is 1.33 bits per heavy atom. The van der Waals surface area contributed by atoms with Crippen molar-refractivity contribution in [1.82, 2.24) is 4.90 Å². The summed E-state index contributed by atoms with van der Waals surface area (Å²) in [4.78, 5) is 13.9. The minimum atomic E-state index is -4.82. The minimum Gasteiger partial charge on any atom is -0.393 e. The molecule has 1 heterocycles. The van der Waals surface area contributed by atoms with E-state index in [1.54, 1.807) is 0 Å². The van der Waals surface area contributed by atoms with E-state index in [-0.39, 0.29) is 5.69 Å². The lowest BCUT2D eigenvalue weighted by Crippen LogP contribution is -2.54. The fraction of sp³-hybridized carbons (Fsp3) is 0.357. The van der Waals surface area contributed by atoms with Gasteiger partial charge in [0, 0.05) is 7.05 Å². The summed E-state index contributed by atoms with van der Waals surface area (Å²) in [7, 11) is 1.22. The van der Waals surface area contributed by atoms with Crippen molar-refractivity contribution in [2.24, 2.45) is 0 Å². The summed E-state index contributed by atoms with van der Waals surface area (Å²) in [6.07, 6.45) is -4.82. The molecule has 128 valence electrons. The van der Waals surface area contributed by atoms with E-state index in [1.165, 1.54) is 13.1 Å². The summed E-state index contributed by atoms with van der Waals surface area (Å²) in [6.45, 7) is -1.55. The molecule has 1 saturated heterocycles. The Kier molecular flexibility index (Phi) is 4.26. The number of halogens is 3. The summed E-state index contributed by atoms with van der Waals surface area (Å²) in [5, 5.41) is 35.8. The molecule has 0 aromatic heterocycles. The Bertz CT molecular complexity index is 738. The zero-order valence-electron chi connectivity index (χ0n) is 12.4. The largest absolute Gasteiger partial charge is 0.417 e. The number of hydrogen-bond acceptors (Lipinski definition) is 5. The molecule has 1 aromatic carbocycles. The third-order valence-corrected chi connectivity index (χ3v) is 4.00. The van der Waals surface area contributed by atoms with E-state index in [9.17, 15) is 28.2 Å². The van der Waals surface area contributed by atoms with E-state index in [0.29, 0.717) is 11.0 Å². The Morgan fingerprint density at radius 2 is 1.92 bits per heavy atom. The molecule has 2 amide bonds. The van der Waals surface area contributed by atoms with E-state index >= 15 is 0 Å². The smallest absolute Gasteiger partial charge is 0.393 e. The van der Waals surface area contributed by atoms with Crippen LogP contribution in [0.15, 0.2) is 18.2 Å². The maximum absolute atomic E-state index is 13.1. The quantitative estimate of drug-likeness (QED) is 0.765. The number of nitriles is 1. The number of anilines is 1. The topological polar surface area (TPSA) is 112 Å². The number of aliphatic hydroxyl groups is 2. The van der Waals surface area contributed by atoms with E-state index in [0.717, 1.165) is 17.0 Å². The van der Waals surface area contributed by atoms with Gasteiger partial charge in [-0.05, 0) is 18.2 Å². The fourth-order valence-electron chi connectivity index (χ4n) is 2.45. The van der Waals surface area contributed by atoms with Gasteiger partial charge in [-0.3, -0.25) is 5.41 Å². The second-order valence-electron chi connectivity index (χ2n) is 5.21. The van der Waals surface area contributed by atoms with Crippen molar-refractivity contribution < 1.29 is 28.2 Å². The molecule has 24 heavy (non-hydrogen) atoms. The first-order valence-corrected chi connectivity index (χ1v) is 6.64. The van der Waals surface area contributed by atoms with Crippen LogP contribution in [0.2, 0.25) is 0 Å².